The fourth-order valence-corrected chi connectivity index (χ4v) is 13.9. The topological polar surface area (TPSA) is 444 Å². The van der Waals surface area contributed by atoms with Gasteiger partial charge in [0.15, 0.2) is 11.4 Å². The molecule has 93 heavy (non-hydrogen) atoms. The van der Waals surface area contributed by atoms with E-state index in [-0.39, 0.29) is 56.0 Å². The Morgan fingerprint density at radius 1 is 0.871 bits per heavy atom. The number of alkyl carbamates (subject to hydrolysis) is 1. The van der Waals surface area contributed by atoms with E-state index in [9.17, 15) is 82.4 Å². The normalized spacial score (nSPS) is 25.9. The summed E-state index contributed by atoms with van der Waals surface area (Å²) in [6.45, 7) is 17.7. The number of allylic oxidation sites excluding steroid dienone is 2. The number of carbonyl (C=O) groups is 8. The molecule has 1 saturated heterocycles. The van der Waals surface area contributed by atoms with Gasteiger partial charge >= 0.3 is 45.0 Å². The summed E-state index contributed by atoms with van der Waals surface area (Å²) in [6.07, 6.45) is -0.325. The smallest absolute Gasteiger partial charge is 0.410 e. The Bertz CT molecular complexity index is 3540. The maximum atomic E-state index is 15.0. The van der Waals surface area contributed by atoms with Crippen LogP contribution in [0, 0.1) is 36.5 Å². The molecule has 0 unspecified atom stereocenters. The monoisotopic (exact) mass is 1350 g/mol. The van der Waals surface area contributed by atoms with E-state index >= 15 is 0 Å². The molecule has 1 fully saturated rings. The van der Waals surface area contributed by atoms with E-state index in [1.165, 1.54) is 66.0 Å². The number of nitrogens with one attached hydrogen (secondary N) is 3. The second kappa shape index (κ2) is 30.4. The third kappa shape index (κ3) is 17.5. The van der Waals surface area contributed by atoms with Crippen molar-refractivity contribution >= 4 is 79.2 Å². The summed E-state index contributed by atoms with van der Waals surface area (Å²) in [5, 5.41) is 43.2. The van der Waals surface area contributed by atoms with Crippen molar-refractivity contribution in [2.24, 2.45) is 39.6 Å². The summed E-state index contributed by atoms with van der Waals surface area (Å²) < 4.78 is 63.6. The summed E-state index contributed by atoms with van der Waals surface area (Å²) in [7, 11) is -8.89. The minimum atomic E-state index is -5.67. The van der Waals surface area contributed by atoms with Gasteiger partial charge in [0, 0.05) is 114 Å². The number of amides is 4. The van der Waals surface area contributed by atoms with E-state index < -0.39 is 171 Å². The molecule has 10 N–H and O–H groups in total. The molecule has 2 aromatic carbocycles. The molecule has 5 heterocycles. The van der Waals surface area contributed by atoms with Gasteiger partial charge in [-0.1, -0.05) is 66.7 Å². The van der Waals surface area contributed by atoms with Crippen LogP contribution in [0.3, 0.4) is 0 Å². The molecule has 514 valence electrons. The number of likely N-dealkylation sites (tertiary alicyclic amines) is 1. The molecule has 0 aliphatic carbocycles. The first-order valence-electron chi connectivity index (χ1n) is 30.1. The van der Waals surface area contributed by atoms with Gasteiger partial charge in [-0.15, -0.1) is 0 Å². The average molecular weight is 1350 g/mol. The number of hydrogen-bond donors (Lipinski definition) is 10. The standard InChI is InChI=1S/C60H85N7O24P2/c1-14-40(70)86-28-87-57(78)61-37(18-19-39(69)62-58(92(79,80)81)93(82,83)84)56(77)66(12)27-41(71)90-51-30(4)16-15-17-31(5)55(76)63-47-46-45(64-60(65-46)21-23-67(24-22-60)26-29(2)3)42-43(50(47)74)49(73)35(9)53-44(42)54(75)59(11,91-53)88-25-20-38(85-13)32(6)52(89-36(10)68)34(8)48(72)33(51)7/h15-17,20,25,29-30,32-34,37-38,48,51-52,58,72-74H,14,18-19,21-24,26-28H2,1-13H3,(H,61,78)(H,62,69)(H,63,76)(H2,79,80,81)(H2,82,83,84)/b16-15+,25-20+,31-17-/t30-,32+,33-,34+,37+,38-,48+,51-,52+,59-/m0/s1. The summed E-state index contributed by atoms with van der Waals surface area (Å²) in [5.41, 5.74) is -4.23. The van der Waals surface area contributed by atoms with Gasteiger partial charge in [0.05, 0.1) is 34.8 Å². The Hall–Kier alpha value is -7.34. The van der Waals surface area contributed by atoms with E-state index in [1.807, 2.05) is 0 Å². The molecule has 0 saturated carbocycles. The molecule has 0 aromatic heterocycles. The number of carbonyl (C=O) groups excluding carboxylic acids is 8. The number of piperidine rings is 1. The molecule has 0 radical (unpaired) electrons. The summed E-state index contributed by atoms with van der Waals surface area (Å²) >= 11 is 0. The van der Waals surface area contributed by atoms with Gasteiger partial charge in [0.1, 0.15) is 47.3 Å². The summed E-state index contributed by atoms with van der Waals surface area (Å²) in [6, 6.07) is -1.83. The first-order chi connectivity index (χ1) is 43.3. The Morgan fingerprint density at radius 3 is 2.09 bits per heavy atom. The fourth-order valence-electron chi connectivity index (χ4n) is 11.7. The number of phenols is 2. The number of Topliss-reactive ketones (excluding diaryl/α,β-unsaturated/α-hetero) is 1. The van der Waals surface area contributed by atoms with Crippen LogP contribution in [-0.2, 0) is 66.3 Å². The lowest BCUT2D eigenvalue weighted by Gasteiger charge is -2.39. The third-order valence-electron chi connectivity index (χ3n) is 16.7. The number of hydrogen-bond acceptors (Lipinski definition) is 23. The number of anilines is 1. The van der Waals surface area contributed by atoms with Crippen LogP contribution in [0.2, 0.25) is 0 Å². The van der Waals surface area contributed by atoms with Crippen molar-refractivity contribution in [3.8, 4) is 17.2 Å². The molecule has 5 aliphatic rings. The van der Waals surface area contributed by atoms with Gasteiger partial charge in [-0.25, -0.2) is 4.79 Å². The van der Waals surface area contributed by atoms with Crippen LogP contribution in [0.4, 0.5) is 10.5 Å². The van der Waals surface area contributed by atoms with Gasteiger partial charge < -0.3 is 93.8 Å². The molecule has 5 bridgehead atoms. The predicted octanol–water partition coefficient (Wildman–Crippen LogP) is 3.30. The highest BCUT2D eigenvalue weighted by Gasteiger charge is 2.51. The first-order valence-corrected chi connectivity index (χ1v) is 33.5. The molecular weight excluding hydrogens is 1260 g/mol. The van der Waals surface area contributed by atoms with Crippen molar-refractivity contribution < 1.29 is 116 Å². The number of fused-ring (bicyclic) bond motifs is 13. The average Bonchev–Trinajstić information content (AvgIpc) is 1.57. The van der Waals surface area contributed by atoms with E-state index in [4.69, 9.17) is 43.1 Å². The zero-order valence-corrected chi connectivity index (χ0v) is 55.9. The second-order valence-corrected chi connectivity index (χ2v) is 28.2. The zero-order valence-electron chi connectivity index (χ0n) is 54.1. The largest absolute Gasteiger partial charge is 0.507 e. The molecule has 33 heteroatoms. The summed E-state index contributed by atoms with van der Waals surface area (Å²) in [4.78, 5) is 160. The number of aliphatic hydroxyl groups excluding tert-OH is 1. The van der Waals surface area contributed by atoms with Crippen molar-refractivity contribution in [2.45, 2.75) is 156 Å². The number of likely N-dealkylation sites (N-methyl/N-ethyl adjacent to an activating group) is 1. The molecule has 5 aliphatic heterocycles. The van der Waals surface area contributed by atoms with Crippen LogP contribution in [0.5, 0.6) is 17.2 Å². The summed E-state index contributed by atoms with van der Waals surface area (Å²) in [5.74, 6) is -13.3. The number of methoxy groups -OCH3 is 1. The number of ether oxygens (including phenoxy) is 7. The highest BCUT2D eigenvalue weighted by molar-refractivity contribution is 7.70. The minimum Gasteiger partial charge on any atom is -0.507 e. The first kappa shape index (κ1) is 74.7. The molecule has 2 aromatic rings. The number of esters is 3. The third-order valence-corrected chi connectivity index (χ3v) is 20.1. The highest BCUT2D eigenvalue weighted by Crippen LogP contribution is 2.58. The van der Waals surface area contributed by atoms with Gasteiger partial charge in [0.2, 0.25) is 24.1 Å². The van der Waals surface area contributed by atoms with Crippen molar-refractivity contribution in [3.63, 3.8) is 0 Å². The van der Waals surface area contributed by atoms with E-state index in [0.29, 0.717) is 31.8 Å². The van der Waals surface area contributed by atoms with Crippen molar-refractivity contribution in [1.82, 2.24) is 20.4 Å². The Morgan fingerprint density at radius 2 is 1.49 bits per heavy atom. The van der Waals surface area contributed by atoms with Crippen molar-refractivity contribution in [1.29, 1.82) is 0 Å². The van der Waals surface area contributed by atoms with Crippen LogP contribution in [0.15, 0.2) is 46.1 Å². The van der Waals surface area contributed by atoms with Crippen LogP contribution >= 0.6 is 15.2 Å². The van der Waals surface area contributed by atoms with Gasteiger partial charge in [-0.05, 0) is 32.3 Å². The predicted molar refractivity (Wildman–Crippen MR) is 329 cm³/mol. The minimum absolute atomic E-state index is 0.0171. The van der Waals surface area contributed by atoms with Crippen molar-refractivity contribution in [3.05, 3.63) is 58.0 Å². The van der Waals surface area contributed by atoms with E-state index in [2.05, 4.69) is 29.4 Å². The molecule has 7 rings (SSSR count). The van der Waals surface area contributed by atoms with Crippen LogP contribution in [0.1, 0.15) is 117 Å². The number of rotatable bonds is 18. The number of aromatic hydroxyl groups is 2. The van der Waals surface area contributed by atoms with Crippen molar-refractivity contribution in [2.75, 3.05) is 52.4 Å². The van der Waals surface area contributed by atoms with E-state index in [1.54, 1.807) is 26.1 Å². The lowest BCUT2D eigenvalue weighted by Crippen LogP contribution is -2.50. The maximum absolute atomic E-state index is 15.0. The number of phenolic OH excluding ortho intramolecular Hbond substituents is 2. The molecular formula is C60H85N7O24P2. The molecule has 31 nitrogen and oxygen atoms in total. The highest BCUT2D eigenvalue weighted by atomic mass is 31.2. The Balaban J connectivity index is 1.40. The number of nitrogens with zero attached hydrogens (tertiary/aromatic N) is 4. The number of aliphatic hydroxyl groups is 1. The molecule has 10 atom stereocenters. The van der Waals surface area contributed by atoms with Crippen LogP contribution in [0.25, 0.3) is 10.8 Å². The maximum Gasteiger partial charge on any atom is 0.410 e. The van der Waals surface area contributed by atoms with Gasteiger partial charge in [-0.3, -0.25) is 52.7 Å². The van der Waals surface area contributed by atoms with Crippen LogP contribution < -0.4 is 31.4 Å². The van der Waals surface area contributed by atoms with Gasteiger partial charge in [0.25, 0.3) is 11.7 Å². The molecule has 1 spiro atoms. The lowest BCUT2D eigenvalue weighted by molar-refractivity contribution is -0.167. The quantitative estimate of drug-likeness (QED) is 0.0336. The SMILES string of the molecule is CCC(=O)OCOC(=O)N[C@H](CCC(=O)NC(P(=O)(O)O)P(=O)(O)O)C(=O)N(C)CC(=O)O[C@@H]1[C@@H](C)[C@@H](O)[C@@H](C)[C@H](OC(C)=O)[C@H](C)[C@@H](OC)/C=C/O[C@@]2(C)Oc3c(C)c(O)c4c(O)c(c5c(c4c3C2=O)=NC2(CCN(CC(C)C)CC2)N=5)NC(=O)/C(C)=C\C=C\[C@@H]1C. The Kier molecular flexibility index (Phi) is 24.4. The number of benzene rings is 2. The number of ketones is 1. The van der Waals surface area contributed by atoms with E-state index in [0.717, 1.165) is 31.7 Å². The molecule has 4 amide bonds. The zero-order chi connectivity index (χ0) is 69.6. The van der Waals surface area contributed by atoms with Crippen LogP contribution in [-0.4, -0.2) is 187 Å². The fraction of sp³-hybridized carbons (Fsp3) is 0.600. The van der Waals surface area contributed by atoms with Gasteiger partial charge in [-0.2, -0.15) is 0 Å². The second-order valence-electron chi connectivity index (χ2n) is 24.4. The lowest BCUT2D eigenvalue weighted by atomic mass is 9.78. The Labute approximate surface area is 536 Å².